The van der Waals surface area contributed by atoms with Gasteiger partial charge in [0, 0.05) is 5.41 Å². The summed E-state index contributed by atoms with van der Waals surface area (Å²) in [6, 6.07) is 0.300. The molecule has 0 spiro atoms. The van der Waals surface area contributed by atoms with Gasteiger partial charge in [-0.2, -0.15) is 9.61 Å². The third-order valence-electron chi connectivity index (χ3n) is 2.73. The molecule has 2 aromatic heterocycles. The van der Waals surface area contributed by atoms with Gasteiger partial charge < -0.3 is 5.32 Å². The maximum Gasteiger partial charge on any atom is 0.234 e. The zero-order valence-electron chi connectivity index (χ0n) is 11.0. The van der Waals surface area contributed by atoms with E-state index in [0.29, 0.717) is 6.04 Å². The van der Waals surface area contributed by atoms with Crippen LogP contribution in [-0.4, -0.2) is 26.9 Å². The van der Waals surface area contributed by atoms with Crippen LogP contribution >= 0.6 is 11.3 Å². The van der Waals surface area contributed by atoms with Crippen molar-refractivity contribution in [3.05, 3.63) is 10.8 Å². The molecule has 0 radical (unpaired) electrons. The minimum Gasteiger partial charge on any atom is -0.311 e. The van der Waals surface area contributed by atoms with E-state index in [4.69, 9.17) is 0 Å². The van der Waals surface area contributed by atoms with Gasteiger partial charge in [0.25, 0.3) is 0 Å². The molecule has 94 valence electrons. The molecule has 0 fully saturated rings. The van der Waals surface area contributed by atoms with Gasteiger partial charge in [-0.05, 0) is 13.5 Å². The lowest BCUT2D eigenvalue weighted by Crippen LogP contribution is -2.18. The van der Waals surface area contributed by atoms with Gasteiger partial charge in [-0.15, -0.1) is 10.2 Å². The zero-order valence-corrected chi connectivity index (χ0v) is 11.8. The minimum absolute atomic E-state index is 0.0356. The molecule has 6 heteroatoms. The molecular weight excluding hydrogens is 234 g/mol. The molecule has 5 nitrogen and oxygen atoms in total. The van der Waals surface area contributed by atoms with Crippen LogP contribution in [0.5, 0.6) is 0 Å². The molecule has 0 saturated carbocycles. The van der Waals surface area contributed by atoms with Crippen LogP contribution in [0.4, 0.5) is 0 Å². The molecule has 0 amide bonds. The number of rotatable bonds is 3. The van der Waals surface area contributed by atoms with Crippen LogP contribution in [0.25, 0.3) is 4.96 Å². The lowest BCUT2D eigenvalue weighted by atomic mass is 9.96. The highest BCUT2D eigenvalue weighted by atomic mass is 32.1. The molecule has 1 atom stereocenters. The summed E-state index contributed by atoms with van der Waals surface area (Å²) >= 11 is 1.61. The summed E-state index contributed by atoms with van der Waals surface area (Å²) < 4.78 is 1.88. The molecule has 0 saturated heterocycles. The van der Waals surface area contributed by atoms with E-state index in [1.165, 1.54) is 0 Å². The average Bonchev–Trinajstić information content (AvgIpc) is 2.76. The van der Waals surface area contributed by atoms with Gasteiger partial charge in [-0.1, -0.05) is 39.0 Å². The largest absolute Gasteiger partial charge is 0.311 e. The van der Waals surface area contributed by atoms with Crippen LogP contribution in [-0.2, 0) is 5.41 Å². The summed E-state index contributed by atoms with van der Waals surface area (Å²) in [5.41, 5.74) is -0.0356. The van der Waals surface area contributed by atoms with Crippen molar-refractivity contribution in [2.45, 2.75) is 45.6 Å². The minimum atomic E-state index is -0.0356. The lowest BCUT2D eigenvalue weighted by molar-refractivity contribution is 0.517. The Bertz CT molecular complexity index is 503. The van der Waals surface area contributed by atoms with Crippen molar-refractivity contribution in [1.29, 1.82) is 0 Å². The second-order valence-electron chi connectivity index (χ2n) is 5.16. The Balaban J connectivity index is 2.48. The average molecular weight is 253 g/mol. The van der Waals surface area contributed by atoms with Gasteiger partial charge in [0.15, 0.2) is 5.82 Å². The summed E-state index contributed by atoms with van der Waals surface area (Å²) in [4.78, 5) is 0.874. The third-order valence-corrected chi connectivity index (χ3v) is 3.74. The smallest absolute Gasteiger partial charge is 0.234 e. The molecule has 0 aromatic carbocycles. The topological polar surface area (TPSA) is 55.1 Å². The third kappa shape index (κ3) is 2.19. The predicted molar refractivity (Wildman–Crippen MR) is 69.5 cm³/mol. The molecule has 2 rings (SSSR count). The molecule has 1 N–H and O–H groups in total. The normalized spacial score (nSPS) is 14.4. The van der Waals surface area contributed by atoms with Crippen molar-refractivity contribution in [3.63, 3.8) is 0 Å². The van der Waals surface area contributed by atoms with Crippen LogP contribution in [0.2, 0.25) is 0 Å². The molecular formula is C11H19N5S. The first-order chi connectivity index (χ1) is 7.97. The first-order valence-corrected chi connectivity index (χ1v) is 6.69. The second-order valence-corrected chi connectivity index (χ2v) is 6.15. The van der Waals surface area contributed by atoms with E-state index in [2.05, 4.69) is 48.3 Å². The van der Waals surface area contributed by atoms with E-state index >= 15 is 0 Å². The highest BCUT2D eigenvalue weighted by molar-refractivity contribution is 7.16. The lowest BCUT2D eigenvalue weighted by Gasteiger charge is -2.14. The first-order valence-electron chi connectivity index (χ1n) is 5.87. The second kappa shape index (κ2) is 4.34. The fourth-order valence-corrected chi connectivity index (χ4v) is 2.77. The van der Waals surface area contributed by atoms with Gasteiger partial charge in [-0.25, -0.2) is 0 Å². The van der Waals surface area contributed by atoms with E-state index in [1.807, 2.05) is 11.6 Å². The van der Waals surface area contributed by atoms with Crippen LogP contribution in [0.15, 0.2) is 0 Å². The van der Waals surface area contributed by atoms with Crippen molar-refractivity contribution in [2.75, 3.05) is 7.05 Å². The molecule has 0 bridgehead atoms. The maximum atomic E-state index is 4.63. The van der Waals surface area contributed by atoms with Crippen LogP contribution in [0, 0.1) is 0 Å². The van der Waals surface area contributed by atoms with Gasteiger partial charge in [0.2, 0.25) is 4.96 Å². The van der Waals surface area contributed by atoms with Crippen molar-refractivity contribution in [1.82, 2.24) is 25.1 Å². The van der Waals surface area contributed by atoms with E-state index in [0.717, 1.165) is 22.2 Å². The van der Waals surface area contributed by atoms with Crippen molar-refractivity contribution in [2.24, 2.45) is 0 Å². The highest BCUT2D eigenvalue weighted by Gasteiger charge is 2.24. The van der Waals surface area contributed by atoms with E-state index in [1.54, 1.807) is 11.3 Å². The number of aromatic nitrogens is 4. The summed E-state index contributed by atoms with van der Waals surface area (Å²) in [7, 11) is 1.96. The van der Waals surface area contributed by atoms with Crippen LogP contribution < -0.4 is 5.32 Å². The Labute approximate surface area is 105 Å². The fraction of sp³-hybridized carbons (Fsp3) is 0.727. The molecule has 2 heterocycles. The summed E-state index contributed by atoms with van der Waals surface area (Å²) in [5, 5.41) is 17.4. The van der Waals surface area contributed by atoms with Crippen molar-refractivity contribution < 1.29 is 0 Å². The number of hydrogen-bond donors (Lipinski definition) is 1. The van der Waals surface area contributed by atoms with Gasteiger partial charge in [-0.3, -0.25) is 0 Å². The van der Waals surface area contributed by atoms with Crippen LogP contribution in [0.3, 0.4) is 0 Å². The van der Waals surface area contributed by atoms with Crippen molar-refractivity contribution >= 4 is 16.3 Å². The Morgan fingerprint density at radius 1 is 1.35 bits per heavy atom. The maximum absolute atomic E-state index is 4.63. The standard InChI is InChI=1S/C11H19N5S/c1-6-7(12-5)8-15-16-9(11(2,3)4)13-14-10(16)17-8/h7,12H,6H2,1-5H3. The first kappa shape index (κ1) is 12.4. The Hall–Kier alpha value is -1.01. The molecule has 17 heavy (non-hydrogen) atoms. The summed E-state index contributed by atoms with van der Waals surface area (Å²) in [5.74, 6) is 0.918. The molecule has 1 unspecified atom stereocenters. The van der Waals surface area contributed by atoms with Gasteiger partial charge in [0.05, 0.1) is 6.04 Å². The highest BCUT2D eigenvalue weighted by Crippen LogP contribution is 2.26. The Morgan fingerprint density at radius 3 is 2.59 bits per heavy atom. The number of nitrogens with zero attached hydrogens (tertiary/aromatic N) is 4. The quantitative estimate of drug-likeness (QED) is 0.910. The Morgan fingerprint density at radius 2 is 2.06 bits per heavy atom. The number of hydrogen-bond acceptors (Lipinski definition) is 5. The number of fused-ring (bicyclic) bond motifs is 1. The van der Waals surface area contributed by atoms with E-state index < -0.39 is 0 Å². The van der Waals surface area contributed by atoms with Gasteiger partial charge >= 0.3 is 0 Å². The van der Waals surface area contributed by atoms with Crippen LogP contribution in [0.1, 0.15) is 51.0 Å². The molecule has 2 aromatic rings. The summed E-state index contributed by atoms with van der Waals surface area (Å²) in [6.45, 7) is 8.52. The zero-order chi connectivity index (χ0) is 12.6. The van der Waals surface area contributed by atoms with Gasteiger partial charge in [0.1, 0.15) is 5.01 Å². The molecule has 0 aliphatic heterocycles. The van der Waals surface area contributed by atoms with Crippen molar-refractivity contribution in [3.8, 4) is 0 Å². The SMILES string of the molecule is CCC(NC)c1nn2c(C(C)(C)C)nnc2s1. The monoisotopic (exact) mass is 253 g/mol. The number of nitrogens with one attached hydrogen (secondary N) is 1. The fourth-order valence-electron chi connectivity index (χ4n) is 1.74. The summed E-state index contributed by atoms with van der Waals surface area (Å²) in [6.07, 6.45) is 1.02. The molecule has 0 aliphatic carbocycles. The van der Waals surface area contributed by atoms with E-state index in [9.17, 15) is 0 Å². The predicted octanol–water partition coefficient (Wildman–Crippen LogP) is 2.15. The Kier molecular flexibility index (Phi) is 3.18. The molecule has 0 aliphatic rings. The van der Waals surface area contributed by atoms with E-state index in [-0.39, 0.29) is 5.41 Å².